The summed E-state index contributed by atoms with van der Waals surface area (Å²) in [5.74, 6) is -0.386. The van der Waals surface area contributed by atoms with Gasteiger partial charge in [-0.25, -0.2) is 4.68 Å². The van der Waals surface area contributed by atoms with E-state index in [9.17, 15) is 4.79 Å². The molecule has 0 aliphatic rings. The van der Waals surface area contributed by atoms with Crippen LogP contribution in [-0.2, 0) is 4.79 Å². The highest BCUT2D eigenvalue weighted by Crippen LogP contribution is 2.28. The van der Waals surface area contributed by atoms with E-state index in [0.717, 1.165) is 21.8 Å². The Kier molecular flexibility index (Phi) is 5.78. The lowest BCUT2D eigenvalue weighted by molar-refractivity contribution is -0.124. The van der Waals surface area contributed by atoms with Crippen LogP contribution in [0.3, 0.4) is 0 Å². The molecular formula is C20H15N5OS. The van der Waals surface area contributed by atoms with Crippen molar-refractivity contribution >= 4 is 23.3 Å². The Morgan fingerprint density at radius 1 is 1.15 bits per heavy atom. The molecule has 0 unspecified atom stereocenters. The van der Waals surface area contributed by atoms with Crippen LogP contribution >= 0.6 is 11.3 Å². The number of hydrogen-bond acceptors (Lipinski definition) is 5. The molecule has 0 spiro atoms. The van der Waals surface area contributed by atoms with Gasteiger partial charge in [-0.3, -0.25) is 4.79 Å². The molecule has 0 atom stereocenters. The number of hydrogen-bond donors (Lipinski definition) is 0. The molecule has 1 aromatic carbocycles. The van der Waals surface area contributed by atoms with Crippen LogP contribution in [0.2, 0.25) is 0 Å². The van der Waals surface area contributed by atoms with Crippen LogP contribution in [0, 0.1) is 22.7 Å². The van der Waals surface area contributed by atoms with E-state index in [0.29, 0.717) is 0 Å². The molecule has 7 heteroatoms. The summed E-state index contributed by atoms with van der Waals surface area (Å²) >= 11 is 1.56. The van der Waals surface area contributed by atoms with Crippen molar-refractivity contribution in [1.29, 1.82) is 10.5 Å². The SMILES string of the molecule is N#CCN(CC#N)C(=O)C=Cc1cn(-c2ccccc2)nc1-c1cccs1. The van der Waals surface area contributed by atoms with Crippen LogP contribution in [0.4, 0.5) is 0 Å². The Morgan fingerprint density at radius 3 is 2.52 bits per heavy atom. The van der Waals surface area contributed by atoms with Gasteiger partial charge in [0.2, 0.25) is 5.91 Å². The average molecular weight is 373 g/mol. The summed E-state index contributed by atoms with van der Waals surface area (Å²) in [4.78, 5) is 14.5. The molecule has 0 saturated carbocycles. The van der Waals surface area contributed by atoms with E-state index in [-0.39, 0.29) is 19.0 Å². The first-order chi connectivity index (χ1) is 13.2. The third-order valence-corrected chi connectivity index (χ3v) is 4.63. The zero-order chi connectivity index (χ0) is 19.1. The molecule has 0 saturated heterocycles. The van der Waals surface area contributed by atoms with Gasteiger partial charge in [0, 0.05) is 17.8 Å². The normalized spacial score (nSPS) is 10.4. The molecule has 3 aromatic rings. The second-order valence-electron chi connectivity index (χ2n) is 5.53. The van der Waals surface area contributed by atoms with Crippen LogP contribution in [0.15, 0.2) is 60.1 Å². The topological polar surface area (TPSA) is 85.7 Å². The second kappa shape index (κ2) is 8.61. The highest BCUT2D eigenvalue weighted by atomic mass is 32.1. The fourth-order valence-electron chi connectivity index (χ4n) is 2.48. The number of nitriles is 2. The van der Waals surface area contributed by atoms with Crippen LogP contribution in [0.5, 0.6) is 0 Å². The lowest BCUT2D eigenvalue weighted by Crippen LogP contribution is -2.30. The van der Waals surface area contributed by atoms with Crippen LogP contribution in [0.1, 0.15) is 5.56 Å². The molecule has 0 N–H and O–H groups in total. The highest BCUT2D eigenvalue weighted by molar-refractivity contribution is 7.13. The van der Waals surface area contributed by atoms with Gasteiger partial charge in [0.25, 0.3) is 0 Å². The summed E-state index contributed by atoms with van der Waals surface area (Å²) in [6.45, 7) is -0.254. The minimum atomic E-state index is -0.386. The van der Waals surface area contributed by atoms with Gasteiger partial charge < -0.3 is 4.90 Å². The summed E-state index contributed by atoms with van der Waals surface area (Å²) in [6.07, 6.45) is 4.90. The predicted octanol–water partition coefficient (Wildman–Crippen LogP) is 3.49. The van der Waals surface area contributed by atoms with Crippen molar-refractivity contribution in [3.05, 3.63) is 65.7 Å². The largest absolute Gasteiger partial charge is 0.313 e. The number of amides is 1. The molecule has 0 aliphatic heterocycles. The van der Waals surface area contributed by atoms with Crippen molar-refractivity contribution in [1.82, 2.24) is 14.7 Å². The predicted molar refractivity (Wildman–Crippen MR) is 104 cm³/mol. The molecule has 2 heterocycles. The average Bonchev–Trinajstić information content (AvgIpc) is 3.36. The number of carbonyl (C=O) groups is 1. The van der Waals surface area contributed by atoms with Gasteiger partial charge in [0.1, 0.15) is 18.8 Å². The Hall–Kier alpha value is -3.68. The fourth-order valence-corrected chi connectivity index (χ4v) is 3.21. The van der Waals surface area contributed by atoms with Gasteiger partial charge in [-0.1, -0.05) is 24.3 Å². The lowest BCUT2D eigenvalue weighted by atomic mass is 10.2. The molecule has 0 radical (unpaired) electrons. The molecule has 27 heavy (non-hydrogen) atoms. The number of carbonyl (C=O) groups excluding carboxylic acids is 1. The zero-order valence-corrected chi connectivity index (χ0v) is 15.1. The summed E-state index contributed by atoms with van der Waals surface area (Å²) < 4.78 is 1.77. The van der Waals surface area contributed by atoms with Gasteiger partial charge in [-0.05, 0) is 29.7 Å². The molecule has 0 bridgehead atoms. The number of thiophene rings is 1. The molecule has 1 amide bonds. The molecule has 132 valence electrons. The first kappa shape index (κ1) is 18.1. The van der Waals surface area contributed by atoms with Gasteiger partial charge in [0.15, 0.2) is 0 Å². The van der Waals surface area contributed by atoms with Gasteiger partial charge in [-0.15, -0.1) is 11.3 Å². The molecule has 2 aromatic heterocycles. The minimum absolute atomic E-state index is 0.127. The number of aromatic nitrogens is 2. The molecular weight excluding hydrogens is 358 g/mol. The van der Waals surface area contributed by atoms with E-state index < -0.39 is 0 Å². The van der Waals surface area contributed by atoms with Crippen molar-refractivity contribution in [3.8, 4) is 28.4 Å². The van der Waals surface area contributed by atoms with Gasteiger partial charge in [0.05, 0.1) is 22.7 Å². The molecule has 6 nitrogen and oxygen atoms in total. The second-order valence-corrected chi connectivity index (χ2v) is 6.48. The third kappa shape index (κ3) is 4.30. The maximum atomic E-state index is 12.3. The van der Waals surface area contributed by atoms with E-state index in [1.54, 1.807) is 22.1 Å². The standard InChI is InChI=1S/C20H15N5OS/c21-10-12-24(13-11-22)19(26)9-8-16-15-25(17-5-2-1-3-6-17)23-20(16)18-7-4-14-27-18/h1-9,14-15H,12-13H2. The quantitative estimate of drug-likeness (QED) is 0.489. The monoisotopic (exact) mass is 373 g/mol. The van der Waals surface area contributed by atoms with Crippen molar-refractivity contribution in [2.75, 3.05) is 13.1 Å². The summed E-state index contributed by atoms with van der Waals surface area (Å²) in [5.41, 5.74) is 2.46. The number of rotatable bonds is 6. The Balaban J connectivity index is 1.94. The maximum Gasteiger partial charge on any atom is 0.248 e. The van der Waals surface area contributed by atoms with Crippen LogP contribution in [-0.4, -0.2) is 33.7 Å². The minimum Gasteiger partial charge on any atom is -0.313 e. The zero-order valence-electron chi connectivity index (χ0n) is 14.3. The smallest absolute Gasteiger partial charge is 0.248 e. The number of benzene rings is 1. The number of nitrogens with zero attached hydrogens (tertiary/aromatic N) is 5. The third-order valence-electron chi connectivity index (χ3n) is 3.76. The van der Waals surface area contributed by atoms with Crippen molar-refractivity contribution in [2.45, 2.75) is 0 Å². The van der Waals surface area contributed by atoms with Crippen LogP contribution < -0.4 is 0 Å². The number of para-hydroxylation sites is 1. The van der Waals surface area contributed by atoms with E-state index in [1.165, 1.54) is 11.0 Å². The van der Waals surface area contributed by atoms with Crippen molar-refractivity contribution < 1.29 is 4.79 Å². The van der Waals surface area contributed by atoms with E-state index >= 15 is 0 Å². The molecule has 3 rings (SSSR count). The maximum absolute atomic E-state index is 12.3. The van der Waals surface area contributed by atoms with Gasteiger partial charge in [-0.2, -0.15) is 15.6 Å². The Labute approximate surface area is 160 Å². The summed E-state index contributed by atoms with van der Waals surface area (Å²) in [6, 6.07) is 17.4. The lowest BCUT2D eigenvalue weighted by Gasteiger charge is -2.12. The van der Waals surface area contributed by atoms with E-state index in [1.807, 2.05) is 66.2 Å². The highest BCUT2D eigenvalue weighted by Gasteiger charge is 2.13. The summed E-state index contributed by atoms with van der Waals surface area (Å²) in [5, 5.41) is 24.2. The van der Waals surface area contributed by atoms with Crippen molar-refractivity contribution in [3.63, 3.8) is 0 Å². The Bertz CT molecular complexity index is 1010. The van der Waals surface area contributed by atoms with E-state index in [4.69, 9.17) is 10.5 Å². The Morgan fingerprint density at radius 2 is 1.89 bits per heavy atom. The first-order valence-electron chi connectivity index (χ1n) is 8.13. The van der Waals surface area contributed by atoms with Crippen molar-refractivity contribution in [2.24, 2.45) is 0 Å². The first-order valence-corrected chi connectivity index (χ1v) is 9.00. The summed E-state index contributed by atoms with van der Waals surface area (Å²) in [7, 11) is 0. The fraction of sp³-hybridized carbons (Fsp3) is 0.100. The van der Waals surface area contributed by atoms with E-state index in [2.05, 4.69) is 5.10 Å². The van der Waals surface area contributed by atoms with Crippen LogP contribution in [0.25, 0.3) is 22.3 Å². The molecule has 0 aliphatic carbocycles. The van der Waals surface area contributed by atoms with Gasteiger partial charge >= 0.3 is 0 Å². The molecule has 0 fully saturated rings.